The number of rotatable bonds is 8. The Hall–Kier alpha value is -9.44. The zero-order chi connectivity index (χ0) is 46.8. The van der Waals surface area contributed by atoms with Crippen LogP contribution in [-0.2, 0) is 0 Å². The average Bonchev–Trinajstić information content (AvgIpc) is 4.00. The highest BCUT2D eigenvalue weighted by molar-refractivity contribution is 6.19. The lowest BCUT2D eigenvalue weighted by Crippen LogP contribution is -2.10. The van der Waals surface area contributed by atoms with Crippen molar-refractivity contribution in [3.8, 4) is 50.2 Å². The van der Waals surface area contributed by atoms with Crippen LogP contribution in [0.4, 0.5) is 17.1 Å². The highest BCUT2D eigenvalue weighted by Crippen LogP contribution is 2.43. The van der Waals surface area contributed by atoms with Gasteiger partial charge in [-0.3, -0.25) is 0 Å². The minimum Gasteiger partial charge on any atom is -0.455 e. The lowest BCUT2D eigenvalue weighted by atomic mass is 9.97. The quantitative estimate of drug-likeness (QED) is 0.151. The van der Waals surface area contributed by atoms with Crippen molar-refractivity contribution in [3.05, 3.63) is 267 Å². The molecule has 0 spiro atoms. The monoisotopic (exact) mass is 904 g/mol. The molecular formula is C68H44N2O. The summed E-state index contributed by atoms with van der Waals surface area (Å²) < 4.78 is 9.02. The maximum atomic E-state index is 6.64. The summed E-state index contributed by atoms with van der Waals surface area (Å²) >= 11 is 0. The molecule has 0 fully saturated rings. The van der Waals surface area contributed by atoms with Gasteiger partial charge in [0.1, 0.15) is 11.2 Å². The van der Waals surface area contributed by atoms with Crippen LogP contribution in [0.3, 0.4) is 0 Å². The van der Waals surface area contributed by atoms with E-state index >= 15 is 0 Å². The smallest absolute Gasteiger partial charge is 0.143 e. The Balaban J connectivity index is 0.849. The van der Waals surface area contributed by atoms with Crippen molar-refractivity contribution < 1.29 is 4.42 Å². The lowest BCUT2D eigenvalue weighted by molar-refractivity contribution is 0.673. The van der Waals surface area contributed by atoms with Crippen LogP contribution in [0.15, 0.2) is 271 Å². The molecule has 12 aromatic carbocycles. The van der Waals surface area contributed by atoms with Gasteiger partial charge in [0.2, 0.25) is 0 Å². The predicted octanol–water partition coefficient (Wildman–Crippen LogP) is 19.1. The van der Waals surface area contributed by atoms with Gasteiger partial charge >= 0.3 is 0 Å². The van der Waals surface area contributed by atoms with E-state index in [2.05, 4.69) is 276 Å². The molecule has 14 rings (SSSR count). The zero-order valence-corrected chi connectivity index (χ0v) is 38.7. The largest absolute Gasteiger partial charge is 0.455 e. The molecule has 0 aliphatic heterocycles. The van der Waals surface area contributed by atoms with Gasteiger partial charge in [-0.25, -0.2) is 0 Å². The molecule has 0 amide bonds. The van der Waals surface area contributed by atoms with Crippen molar-refractivity contribution in [2.75, 3.05) is 4.90 Å². The van der Waals surface area contributed by atoms with Crippen LogP contribution in [0.25, 0.3) is 115 Å². The number of anilines is 3. The third kappa shape index (κ3) is 6.97. The highest BCUT2D eigenvalue weighted by Gasteiger charge is 2.19. The number of hydrogen-bond acceptors (Lipinski definition) is 2. The molecule has 2 heterocycles. The van der Waals surface area contributed by atoms with Crippen molar-refractivity contribution in [2.45, 2.75) is 0 Å². The fourth-order valence-electron chi connectivity index (χ4n) is 10.9. The normalized spacial score (nSPS) is 11.7. The SMILES string of the molecule is c1cc(-c2cccc3oc4c5ccccc5ccc4c23)cc(N(c2ccc(-c3ccc(-c4ccc5ccccc5c4)cc3)cc2)c2ccc(-c3cccc(-n4c5ccccc5c5ccccc54)c3)cc2)c1. The molecular weight excluding hydrogens is 861 g/mol. The lowest BCUT2D eigenvalue weighted by Gasteiger charge is -2.26. The predicted molar refractivity (Wildman–Crippen MR) is 299 cm³/mol. The molecule has 2 aromatic heterocycles. The first-order valence-corrected chi connectivity index (χ1v) is 24.3. The average molecular weight is 905 g/mol. The summed E-state index contributed by atoms with van der Waals surface area (Å²) in [5, 5.41) is 9.56. The van der Waals surface area contributed by atoms with E-state index in [4.69, 9.17) is 4.42 Å². The molecule has 0 radical (unpaired) electrons. The summed E-state index contributed by atoms with van der Waals surface area (Å²) in [5.74, 6) is 0. The van der Waals surface area contributed by atoms with Gasteiger partial charge in [0.15, 0.2) is 0 Å². The van der Waals surface area contributed by atoms with Crippen molar-refractivity contribution in [1.82, 2.24) is 4.57 Å². The third-order valence-electron chi connectivity index (χ3n) is 14.4. The Morgan fingerprint density at radius 3 is 1.52 bits per heavy atom. The molecule has 0 N–H and O–H groups in total. The topological polar surface area (TPSA) is 21.3 Å². The molecule has 0 aliphatic rings. The van der Waals surface area contributed by atoms with Crippen molar-refractivity contribution in [2.24, 2.45) is 0 Å². The summed E-state index contributed by atoms with van der Waals surface area (Å²) in [5.41, 5.74) is 17.9. The first kappa shape index (κ1) is 40.6. The van der Waals surface area contributed by atoms with E-state index in [1.807, 2.05) is 0 Å². The number of nitrogens with zero attached hydrogens (tertiary/aromatic N) is 2. The Kier molecular flexibility index (Phi) is 9.53. The van der Waals surface area contributed by atoms with Crippen LogP contribution < -0.4 is 4.90 Å². The Bertz CT molecular complexity index is 4280. The van der Waals surface area contributed by atoms with Crippen LogP contribution in [-0.4, -0.2) is 4.57 Å². The van der Waals surface area contributed by atoms with E-state index in [1.165, 1.54) is 54.7 Å². The summed E-state index contributed by atoms with van der Waals surface area (Å²) in [7, 11) is 0. The number of benzene rings is 12. The highest BCUT2D eigenvalue weighted by atomic mass is 16.3. The van der Waals surface area contributed by atoms with E-state index in [1.54, 1.807) is 0 Å². The van der Waals surface area contributed by atoms with Crippen LogP contribution in [0.5, 0.6) is 0 Å². The zero-order valence-electron chi connectivity index (χ0n) is 38.7. The van der Waals surface area contributed by atoms with Crippen LogP contribution in [0.1, 0.15) is 0 Å². The van der Waals surface area contributed by atoms with Crippen LogP contribution >= 0.6 is 0 Å². The van der Waals surface area contributed by atoms with Gasteiger partial charge in [0.25, 0.3) is 0 Å². The van der Waals surface area contributed by atoms with E-state index in [0.717, 1.165) is 77.9 Å². The van der Waals surface area contributed by atoms with E-state index in [-0.39, 0.29) is 0 Å². The Morgan fingerprint density at radius 2 is 0.817 bits per heavy atom. The van der Waals surface area contributed by atoms with E-state index < -0.39 is 0 Å². The molecule has 0 bridgehead atoms. The van der Waals surface area contributed by atoms with Crippen LogP contribution in [0, 0.1) is 0 Å². The first-order chi connectivity index (χ1) is 35.2. The summed E-state index contributed by atoms with van der Waals surface area (Å²) in [6.45, 7) is 0. The molecule has 0 atom stereocenters. The number of hydrogen-bond donors (Lipinski definition) is 0. The number of para-hydroxylation sites is 2. The van der Waals surface area contributed by atoms with Gasteiger partial charge in [-0.05, 0) is 140 Å². The molecule has 14 aromatic rings. The van der Waals surface area contributed by atoms with Gasteiger partial charge in [-0.2, -0.15) is 0 Å². The van der Waals surface area contributed by atoms with Gasteiger partial charge in [-0.15, -0.1) is 0 Å². The second-order valence-electron chi connectivity index (χ2n) is 18.5. The van der Waals surface area contributed by atoms with Gasteiger partial charge in [0, 0.05) is 49.7 Å². The van der Waals surface area contributed by atoms with Gasteiger partial charge < -0.3 is 13.9 Å². The molecule has 3 heteroatoms. The number of fused-ring (bicyclic) bond motifs is 9. The number of aromatic nitrogens is 1. The second kappa shape index (κ2) is 16.7. The fraction of sp³-hybridized carbons (Fsp3) is 0. The molecule has 3 nitrogen and oxygen atoms in total. The van der Waals surface area contributed by atoms with Gasteiger partial charge in [0.05, 0.1) is 11.0 Å². The Morgan fingerprint density at radius 1 is 0.296 bits per heavy atom. The summed E-state index contributed by atoms with van der Waals surface area (Å²) in [4.78, 5) is 2.37. The van der Waals surface area contributed by atoms with Gasteiger partial charge in [-0.1, -0.05) is 188 Å². The maximum Gasteiger partial charge on any atom is 0.143 e. The van der Waals surface area contributed by atoms with E-state index in [9.17, 15) is 0 Å². The Labute approximate surface area is 411 Å². The third-order valence-corrected chi connectivity index (χ3v) is 14.4. The van der Waals surface area contributed by atoms with Crippen molar-refractivity contribution in [3.63, 3.8) is 0 Å². The molecule has 0 aliphatic carbocycles. The first-order valence-electron chi connectivity index (χ1n) is 24.3. The fourth-order valence-corrected chi connectivity index (χ4v) is 10.9. The van der Waals surface area contributed by atoms with Crippen molar-refractivity contribution >= 4 is 82.4 Å². The molecule has 71 heavy (non-hydrogen) atoms. The maximum absolute atomic E-state index is 6.64. The van der Waals surface area contributed by atoms with E-state index in [0.29, 0.717) is 0 Å². The minimum absolute atomic E-state index is 0.884. The van der Waals surface area contributed by atoms with Crippen LogP contribution in [0.2, 0.25) is 0 Å². The molecule has 332 valence electrons. The number of furan rings is 1. The standard InChI is InChI=1S/C68H44N2O/c1-2-14-51-42-53(31-30-45(51)12-1)48-28-26-46(27-29-48)47-32-37-55(38-33-47)69(57-17-10-16-54(44-57)59-22-11-25-66-67(59)63-41-36-50-13-3-4-19-60(50)68(63)71-66)56-39-34-49(35-40-56)52-15-9-18-58(43-52)70-64-23-7-5-20-61(64)62-21-6-8-24-65(62)70/h1-44H. The molecule has 0 saturated heterocycles. The van der Waals surface area contributed by atoms with Crippen molar-refractivity contribution in [1.29, 1.82) is 0 Å². The summed E-state index contributed by atoms with van der Waals surface area (Å²) in [6.07, 6.45) is 0. The summed E-state index contributed by atoms with van der Waals surface area (Å²) in [6, 6.07) is 96.7. The minimum atomic E-state index is 0.884. The second-order valence-corrected chi connectivity index (χ2v) is 18.5. The molecule has 0 unspecified atom stereocenters. The molecule has 0 saturated carbocycles.